The topological polar surface area (TPSA) is 38.9 Å². The summed E-state index contributed by atoms with van der Waals surface area (Å²) in [5.74, 6) is 0.484. The number of hydrogen-bond donors (Lipinski definition) is 0. The summed E-state index contributed by atoms with van der Waals surface area (Å²) in [6, 6.07) is 33.0. The van der Waals surface area contributed by atoms with Crippen molar-refractivity contribution in [1.29, 1.82) is 0 Å². The van der Waals surface area contributed by atoms with Crippen LogP contribution in [0.5, 0.6) is 0 Å². The molecule has 3 heterocycles. The first-order valence-electron chi connectivity index (χ1n) is 12.2. The van der Waals surface area contributed by atoms with Gasteiger partial charge >= 0.3 is 0 Å². The number of furan rings is 1. The van der Waals surface area contributed by atoms with Crippen molar-refractivity contribution in [2.24, 2.45) is 0 Å². The van der Waals surface area contributed by atoms with Crippen LogP contribution in [-0.2, 0) is 20.1 Å². The maximum Gasteiger partial charge on any atom is 0.121 e. The maximum absolute atomic E-state index is 6.19. The van der Waals surface area contributed by atoms with Crippen LogP contribution in [0.25, 0.3) is 44.5 Å². The van der Waals surface area contributed by atoms with Crippen molar-refractivity contribution in [2.75, 3.05) is 0 Å². The van der Waals surface area contributed by atoms with Gasteiger partial charge < -0.3 is 14.4 Å². The monoisotopic (exact) mass is 661 g/mol. The molecule has 4 heteroatoms. The molecule has 0 aliphatic heterocycles. The van der Waals surface area contributed by atoms with E-state index in [2.05, 4.69) is 79.3 Å². The average molecular weight is 661 g/mol. The maximum atomic E-state index is 6.19. The Morgan fingerprint density at radius 3 is 2.30 bits per heavy atom. The Morgan fingerprint density at radius 2 is 1.62 bits per heavy atom. The second-order valence-electron chi connectivity index (χ2n) is 9.32. The molecule has 0 N–H and O–H groups in total. The molecule has 0 aliphatic rings. The molecule has 0 fully saturated rings. The van der Waals surface area contributed by atoms with E-state index in [1.165, 1.54) is 11.1 Å². The number of benzene rings is 3. The fraction of sp³-hybridized carbons (Fsp3) is 0.152. The van der Waals surface area contributed by atoms with Gasteiger partial charge in [0.25, 0.3) is 0 Å². The summed E-state index contributed by atoms with van der Waals surface area (Å²) < 4.78 is 6.19. The second kappa shape index (κ2) is 11.6. The number of fused-ring (bicyclic) bond motifs is 3. The van der Waals surface area contributed by atoms with Crippen LogP contribution in [0.2, 0.25) is 0 Å². The predicted octanol–water partition coefficient (Wildman–Crippen LogP) is 8.73. The molecule has 0 bridgehead atoms. The van der Waals surface area contributed by atoms with Crippen LogP contribution in [0.3, 0.4) is 0 Å². The van der Waals surface area contributed by atoms with Crippen molar-refractivity contribution in [2.45, 2.75) is 33.6 Å². The minimum atomic E-state index is 0. The number of aryl methyl sites for hydroxylation is 2. The normalized spacial score (nSPS) is 10.7. The summed E-state index contributed by atoms with van der Waals surface area (Å²) in [5, 5.41) is 2.26. The molecule has 6 rings (SSSR count). The van der Waals surface area contributed by atoms with Gasteiger partial charge in [-0.05, 0) is 47.5 Å². The second-order valence-corrected chi connectivity index (χ2v) is 9.32. The summed E-state index contributed by atoms with van der Waals surface area (Å²) in [6.07, 6.45) is 3.67. The molecule has 3 nitrogen and oxygen atoms in total. The summed E-state index contributed by atoms with van der Waals surface area (Å²) in [4.78, 5) is 8.77. The van der Waals surface area contributed by atoms with Gasteiger partial charge in [0.15, 0.2) is 0 Å². The molecular formula is C33H28IrN2O-2. The average Bonchev–Trinajstić information content (AvgIpc) is 3.29. The molecule has 0 amide bonds. The van der Waals surface area contributed by atoms with Gasteiger partial charge in [0.2, 0.25) is 0 Å². The number of rotatable bonds is 3. The van der Waals surface area contributed by atoms with Crippen molar-refractivity contribution >= 4 is 21.9 Å². The first-order valence-corrected chi connectivity index (χ1v) is 12.2. The SMILES string of the molecule is Cc1c[c-]c(-c2ccccn2)cc1.Cc1ccc(-c2[c-]ccc3c2oc2cc(C(C)C)ccc23)nc1.[Ir]. The van der Waals surface area contributed by atoms with Crippen LogP contribution in [0.1, 0.15) is 36.5 Å². The van der Waals surface area contributed by atoms with E-state index in [9.17, 15) is 0 Å². The van der Waals surface area contributed by atoms with Crippen molar-refractivity contribution < 1.29 is 24.5 Å². The van der Waals surface area contributed by atoms with E-state index in [0.717, 1.165) is 50.0 Å². The van der Waals surface area contributed by atoms with Gasteiger partial charge in [-0.1, -0.05) is 68.1 Å². The first kappa shape index (κ1) is 26.5. The Kier molecular flexibility index (Phi) is 8.33. The zero-order valence-electron chi connectivity index (χ0n) is 21.4. The summed E-state index contributed by atoms with van der Waals surface area (Å²) in [6.45, 7) is 8.48. The Labute approximate surface area is 232 Å². The van der Waals surface area contributed by atoms with Crippen LogP contribution < -0.4 is 0 Å². The van der Waals surface area contributed by atoms with Gasteiger partial charge in [-0.2, -0.15) is 0 Å². The van der Waals surface area contributed by atoms with Crippen molar-refractivity contribution in [3.8, 4) is 22.5 Å². The van der Waals surface area contributed by atoms with Gasteiger partial charge in [0.05, 0.1) is 5.58 Å². The minimum Gasteiger partial charge on any atom is -0.501 e. The number of pyridine rings is 2. The molecule has 3 aromatic heterocycles. The molecule has 0 saturated carbocycles. The summed E-state index contributed by atoms with van der Waals surface area (Å²) in [5.41, 5.74) is 9.28. The van der Waals surface area contributed by atoms with E-state index < -0.39 is 0 Å². The Hall–Kier alpha value is -3.59. The largest absolute Gasteiger partial charge is 0.501 e. The molecule has 0 unspecified atom stereocenters. The number of hydrogen-bond acceptors (Lipinski definition) is 3. The first-order chi connectivity index (χ1) is 17.5. The fourth-order valence-electron chi connectivity index (χ4n) is 4.11. The van der Waals surface area contributed by atoms with Crippen LogP contribution in [0.4, 0.5) is 0 Å². The molecule has 0 aliphatic carbocycles. The molecule has 1 radical (unpaired) electrons. The molecule has 37 heavy (non-hydrogen) atoms. The smallest absolute Gasteiger partial charge is 0.121 e. The number of aromatic nitrogens is 2. The molecule has 0 spiro atoms. The molecule has 0 saturated heterocycles. The van der Waals surface area contributed by atoms with E-state index in [0.29, 0.717) is 5.92 Å². The van der Waals surface area contributed by atoms with Crippen LogP contribution in [0.15, 0.2) is 95.7 Å². The van der Waals surface area contributed by atoms with E-state index >= 15 is 0 Å². The summed E-state index contributed by atoms with van der Waals surface area (Å²) >= 11 is 0. The molecule has 187 valence electrons. The van der Waals surface area contributed by atoms with Gasteiger partial charge in [0, 0.05) is 37.9 Å². The van der Waals surface area contributed by atoms with Crippen LogP contribution >= 0.6 is 0 Å². The van der Waals surface area contributed by atoms with Gasteiger partial charge in [-0.25, -0.2) is 0 Å². The van der Waals surface area contributed by atoms with Gasteiger partial charge in [-0.15, -0.1) is 53.6 Å². The quantitative estimate of drug-likeness (QED) is 0.178. The van der Waals surface area contributed by atoms with Crippen LogP contribution in [-0.4, -0.2) is 9.97 Å². The minimum absolute atomic E-state index is 0. The molecule has 0 atom stereocenters. The third kappa shape index (κ3) is 5.88. The molecule has 6 aromatic rings. The summed E-state index contributed by atoms with van der Waals surface area (Å²) in [7, 11) is 0. The Morgan fingerprint density at radius 1 is 0.784 bits per heavy atom. The van der Waals surface area contributed by atoms with Gasteiger partial charge in [-0.3, -0.25) is 0 Å². The molecular weight excluding hydrogens is 633 g/mol. The third-order valence-electron chi connectivity index (χ3n) is 6.20. The predicted molar refractivity (Wildman–Crippen MR) is 148 cm³/mol. The Bertz CT molecular complexity index is 1600. The van der Waals surface area contributed by atoms with Gasteiger partial charge in [0.1, 0.15) is 5.58 Å². The molecule has 3 aromatic carbocycles. The number of nitrogens with zero attached hydrogens (tertiary/aromatic N) is 2. The zero-order valence-corrected chi connectivity index (χ0v) is 23.8. The van der Waals surface area contributed by atoms with E-state index in [-0.39, 0.29) is 20.1 Å². The van der Waals surface area contributed by atoms with Crippen molar-refractivity contribution in [3.63, 3.8) is 0 Å². The fourth-order valence-corrected chi connectivity index (χ4v) is 4.11. The van der Waals surface area contributed by atoms with Crippen molar-refractivity contribution in [3.05, 3.63) is 120 Å². The van der Waals surface area contributed by atoms with E-state index in [1.54, 1.807) is 6.20 Å². The van der Waals surface area contributed by atoms with E-state index in [1.807, 2.05) is 55.6 Å². The zero-order chi connectivity index (χ0) is 25.1. The van der Waals surface area contributed by atoms with Crippen molar-refractivity contribution in [1.82, 2.24) is 9.97 Å². The van der Waals surface area contributed by atoms with E-state index in [4.69, 9.17) is 4.42 Å². The van der Waals surface area contributed by atoms with Crippen LogP contribution in [0, 0.1) is 26.0 Å². The Balaban J connectivity index is 0.000000195. The third-order valence-corrected chi connectivity index (χ3v) is 6.20. The standard InChI is InChI=1S/C21H18NO.C12H10N.Ir/c1-13(2)15-8-9-16-17-5-4-6-18(21(17)23-20(16)11-15)19-10-7-14(3)12-22-19;1-10-5-7-11(8-6-10)12-4-2-3-9-13-12;/h4-5,7-13H,1-3H3;2-7,9H,1H3;/q2*-1;.